The van der Waals surface area contributed by atoms with E-state index in [1.807, 2.05) is 0 Å². The average Bonchev–Trinajstić information content (AvgIpc) is 2.09. The minimum absolute atomic E-state index is 1.01. The van der Waals surface area contributed by atoms with E-state index in [0.29, 0.717) is 0 Å². The average molecular weight is 276 g/mol. The summed E-state index contributed by atoms with van der Waals surface area (Å²) in [7, 11) is 0. The molecule has 0 aliphatic carbocycles. The van der Waals surface area contributed by atoms with Crippen molar-refractivity contribution < 1.29 is 45.3 Å². The zero-order chi connectivity index (χ0) is 14.1. The number of alkyl halides is 8. The number of aliphatic hydroxyl groups excluding tert-OH is 1. The maximum absolute atomic E-state index is 12.9. The van der Waals surface area contributed by atoms with E-state index in [0.717, 1.165) is 0 Å². The Labute approximate surface area is 89.8 Å². The van der Waals surface area contributed by atoms with Crippen molar-refractivity contribution in [2.75, 3.05) is 6.61 Å². The van der Waals surface area contributed by atoms with Gasteiger partial charge in [-0.2, -0.15) is 26.3 Å². The standard InChI is InChI=1S/C7H8F8O2/c8-4(9,2-1-3-16)5(17,6(10,11)12)7(13,14)15/h16-17H,1-3H2. The molecule has 0 saturated heterocycles. The third-order valence-corrected chi connectivity index (χ3v) is 2.00. The van der Waals surface area contributed by atoms with E-state index >= 15 is 0 Å². The second kappa shape index (κ2) is 4.56. The number of aliphatic hydroxyl groups is 2. The number of halogens is 8. The van der Waals surface area contributed by atoms with Gasteiger partial charge in [0.15, 0.2) is 0 Å². The molecule has 2 N–H and O–H groups in total. The van der Waals surface area contributed by atoms with Gasteiger partial charge < -0.3 is 10.2 Å². The van der Waals surface area contributed by atoms with Crippen molar-refractivity contribution >= 4 is 0 Å². The van der Waals surface area contributed by atoms with E-state index in [1.165, 1.54) is 0 Å². The van der Waals surface area contributed by atoms with Crippen LogP contribution in [0.1, 0.15) is 12.8 Å². The maximum atomic E-state index is 12.9. The van der Waals surface area contributed by atoms with Crippen molar-refractivity contribution in [2.24, 2.45) is 0 Å². The van der Waals surface area contributed by atoms with Gasteiger partial charge in [0, 0.05) is 13.0 Å². The fourth-order valence-electron chi connectivity index (χ4n) is 1.06. The van der Waals surface area contributed by atoms with Gasteiger partial charge in [0.25, 0.3) is 5.92 Å². The lowest BCUT2D eigenvalue weighted by atomic mass is 9.90. The summed E-state index contributed by atoms with van der Waals surface area (Å²) < 4.78 is 97.8. The monoisotopic (exact) mass is 276 g/mol. The fraction of sp³-hybridized carbons (Fsp3) is 1.00. The molecular weight excluding hydrogens is 268 g/mol. The highest BCUT2D eigenvalue weighted by atomic mass is 19.4. The molecule has 0 fully saturated rings. The van der Waals surface area contributed by atoms with Gasteiger partial charge in [0.05, 0.1) is 0 Å². The van der Waals surface area contributed by atoms with Gasteiger partial charge in [-0.1, -0.05) is 0 Å². The minimum atomic E-state index is -6.58. The predicted molar refractivity (Wildman–Crippen MR) is 38.3 cm³/mol. The smallest absolute Gasteiger partial charge is 0.396 e. The van der Waals surface area contributed by atoms with Crippen molar-refractivity contribution in [1.29, 1.82) is 0 Å². The molecule has 0 aliphatic heterocycles. The van der Waals surface area contributed by atoms with E-state index in [2.05, 4.69) is 0 Å². The number of rotatable bonds is 4. The number of hydrogen-bond donors (Lipinski definition) is 2. The topological polar surface area (TPSA) is 40.5 Å². The molecule has 2 nitrogen and oxygen atoms in total. The van der Waals surface area contributed by atoms with Gasteiger partial charge >= 0.3 is 18.0 Å². The molecule has 0 aromatic rings. The first-order valence-electron chi connectivity index (χ1n) is 4.16. The molecule has 0 bridgehead atoms. The molecule has 10 heteroatoms. The van der Waals surface area contributed by atoms with Crippen LogP contribution in [0.5, 0.6) is 0 Å². The molecule has 17 heavy (non-hydrogen) atoms. The maximum Gasteiger partial charge on any atom is 0.432 e. The zero-order valence-electron chi connectivity index (χ0n) is 8.04. The summed E-state index contributed by atoms with van der Waals surface area (Å²) in [5, 5.41) is 16.5. The summed E-state index contributed by atoms with van der Waals surface area (Å²) in [6.07, 6.45) is -16.1. The van der Waals surface area contributed by atoms with Crippen LogP contribution in [0.2, 0.25) is 0 Å². The summed E-state index contributed by atoms with van der Waals surface area (Å²) in [5.41, 5.74) is -6.12. The third kappa shape index (κ3) is 2.79. The summed E-state index contributed by atoms with van der Waals surface area (Å²) in [6, 6.07) is 0. The second-order valence-corrected chi connectivity index (χ2v) is 3.24. The lowest BCUT2D eigenvalue weighted by Gasteiger charge is -2.38. The van der Waals surface area contributed by atoms with Crippen LogP contribution in [-0.4, -0.2) is 40.7 Å². The van der Waals surface area contributed by atoms with Gasteiger partial charge in [-0.3, -0.25) is 0 Å². The van der Waals surface area contributed by atoms with Gasteiger partial charge in [0.1, 0.15) is 0 Å². The zero-order valence-corrected chi connectivity index (χ0v) is 8.04. The van der Waals surface area contributed by atoms with Gasteiger partial charge in [-0.15, -0.1) is 0 Å². The van der Waals surface area contributed by atoms with Crippen LogP contribution in [0.25, 0.3) is 0 Å². The lowest BCUT2D eigenvalue weighted by molar-refractivity contribution is -0.423. The Morgan fingerprint density at radius 1 is 0.765 bits per heavy atom. The normalized spacial score (nSPS) is 15.2. The molecule has 0 unspecified atom stereocenters. The summed E-state index contributed by atoms with van der Waals surface area (Å²) >= 11 is 0. The van der Waals surface area contributed by atoms with Crippen LogP contribution in [0.15, 0.2) is 0 Å². The molecule has 0 amide bonds. The van der Waals surface area contributed by atoms with E-state index in [9.17, 15) is 35.1 Å². The van der Waals surface area contributed by atoms with Crippen molar-refractivity contribution in [3.8, 4) is 0 Å². The second-order valence-electron chi connectivity index (χ2n) is 3.24. The third-order valence-electron chi connectivity index (χ3n) is 2.00. The van der Waals surface area contributed by atoms with Gasteiger partial charge in [0.2, 0.25) is 0 Å². The Balaban J connectivity index is 5.49. The van der Waals surface area contributed by atoms with Gasteiger partial charge in [-0.05, 0) is 6.42 Å². The molecule has 0 rings (SSSR count). The summed E-state index contributed by atoms with van der Waals surface area (Å²) in [6.45, 7) is -1.03. The Kier molecular flexibility index (Phi) is 4.39. The SMILES string of the molecule is OCCCC(F)(F)C(O)(C(F)(F)F)C(F)(F)F. The van der Waals surface area contributed by atoms with E-state index in [-0.39, 0.29) is 0 Å². The molecule has 0 aromatic heterocycles. The van der Waals surface area contributed by atoms with Crippen molar-refractivity contribution in [3.05, 3.63) is 0 Å². The highest BCUT2D eigenvalue weighted by molar-refractivity contribution is 5.04. The molecule has 0 aromatic carbocycles. The van der Waals surface area contributed by atoms with Crippen molar-refractivity contribution in [1.82, 2.24) is 0 Å². The Hall–Kier alpha value is -0.640. The molecule has 0 aliphatic rings. The quantitative estimate of drug-likeness (QED) is 0.773. The molecule has 0 atom stereocenters. The van der Waals surface area contributed by atoms with Crippen LogP contribution in [0, 0.1) is 0 Å². The number of hydrogen-bond acceptors (Lipinski definition) is 2. The largest absolute Gasteiger partial charge is 0.432 e. The highest BCUT2D eigenvalue weighted by Crippen LogP contribution is 2.53. The fourth-order valence-corrected chi connectivity index (χ4v) is 1.06. The Morgan fingerprint density at radius 3 is 1.35 bits per heavy atom. The Morgan fingerprint density at radius 2 is 1.12 bits per heavy atom. The molecule has 0 spiro atoms. The first kappa shape index (κ1) is 16.4. The Bertz CT molecular complexity index is 242. The minimum Gasteiger partial charge on any atom is -0.396 e. The summed E-state index contributed by atoms with van der Waals surface area (Å²) in [5.74, 6) is -5.48. The van der Waals surface area contributed by atoms with E-state index in [4.69, 9.17) is 10.2 Å². The molecule has 0 radical (unpaired) electrons. The first-order valence-corrected chi connectivity index (χ1v) is 4.16. The molecular formula is C7H8F8O2. The predicted octanol–water partition coefficient (Wildman–Crippen LogP) is 2.25. The lowest BCUT2D eigenvalue weighted by Crippen LogP contribution is -2.67. The van der Waals surface area contributed by atoms with E-state index < -0.39 is 43.3 Å². The van der Waals surface area contributed by atoms with Crippen LogP contribution < -0.4 is 0 Å². The highest BCUT2D eigenvalue weighted by Gasteiger charge is 2.81. The van der Waals surface area contributed by atoms with Crippen molar-refractivity contribution in [2.45, 2.75) is 36.7 Å². The first-order chi connectivity index (χ1) is 7.31. The van der Waals surface area contributed by atoms with Gasteiger partial charge in [-0.25, -0.2) is 8.78 Å². The van der Waals surface area contributed by atoms with Crippen LogP contribution in [0.4, 0.5) is 35.1 Å². The van der Waals surface area contributed by atoms with Crippen LogP contribution >= 0.6 is 0 Å². The van der Waals surface area contributed by atoms with E-state index in [1.54, 1.807) is 0 Å². The molecule has 104 valence electrons. The van der Waals surface area contributed by atoms with Crippen molar-refractivity contribution in [3.63, 3.8) is 0 Å². The van der Waals surface area contributed by atoms with Crippen LogP contribution in [0.3, 0.4) is 0 Å². The molecule has 0 saturated carbocycles. The van der Waals surface area contributed by atoms with Crippen LogP contribution in [-0.2, 0) is 0 Å². The summed E-state index contributed by atoms with van der Waals surface area (Å²) in [4.78, 5) is 0. The molecule has 0 heterocycles.